The first-order valence-electron chi connectivity index (χ1n) is 11.3. The molecule has 2 aliphatic rings. The van der Waals surface area contributed by atoms with E-state index in [0.29, 0.717) is 29.5 Å². The Hall–Kier alpha value is -3.58. The molecule has 0 saturated heterocycles. The molecule has 0 amide bonds. The second kappa shape index (κ2) is 9.35. The summed E-state index contributed by atoms with van der Waals surface area (Å²) in [5.41, 5.74) is 3.26. The van der Waals surface area contributed by atoms with Gasteiger partial charge in [-0.25, -0.2) is 0 Å². The highest BCUT2D eigenvalue weighted by Crippen LogP contribution is 2.51. The quantitative estimate of drug-likeness (QED) is 0.544. The molecule has 3 atom stereocenters. The summed E-state index contributed by atoms with van der Waals surface area (Å²) in [4.78, 5) is 0. The van der Waals surface area contributed by atoms with Gasteiger partial charge in [-0.15, -0.1) is 0 Å². The standard InChI is InChI=1S/C27H29NO6/c1-16-25(18-10-23(29-2)26(31-4)24(11-18)30-3)19-12-21-22(33-15-32-21)13-20(19)34-27(16)28-14-17-8-6-5-7-9-17/h5-13,16,25,27-28H,14-15H2,1-4H3/t16-,25+,27-/m0/s1. The van der Waals surface area contributed by atoms with Crippen LogP contribution in [0.25, 0.3) is 0 Å². The van der Waals surface area contributed by atoms with Gasteiger partial charge in [-0.2, -0.15) is 0 Å². The lowest BCUT2D eigenvalue weighted by Gasteiger charge is -2.39. The van der Waals surface area contributed by atoms with Gasteiger partial charge in [0.05, 0.1) is 21.3 Å². The summed E-state index contributed by atoms with van der Waals surface area (Å²) in [5.74, 6) is 4.06. The molecule has 0 fully saturated rings. The van der Waals surface area contributed by atoms with Crippen LogP contribution in [0.1, 0.15) is 29.5 Å². The minimum atomic E-state index is -0.225. The van der Waals surface area contributed by atoms with Gasteiger partial charge in [0.15, 0.2) is 29.2 Å². The molecule has 0 aliphatic carbocycles. The van der Waals surface area contributed by atoms with E-state index in [0.717, 1.165) is 22.6 Å². The highest BCUT2D eigenvalue weighted by molar-refractivity contribution is 5.60. The average Bonchev–Trinajstić information content (AvgIpc) is 3.33. The molecule has 2 aliphatic heterocycles. The molecule has 0 radical (unpaired) electrons. The molecular formula is C27H29NO6. The Morgan fingerprint density at radius 1 is 0.853 bits per heavy atom. The fourth-order valence-corrected chi connectivity index (χ4v) is 4.79. The van der Waals surface area contributed by atoms with Crippen molar-refractivity contribution in [2.24, 2.45) is 5.92 Å². The fraction of sp³-hybridized carbons (Fsp3) is 0.333. The molecule has 0 spiro atoms. The van der Waals surface area contributed by atoms with Gasteiger partial charge in [-0.1, -0.05) is 37.3 Å². The lowest BCUT2D eigenvalue weighted by molar-refractivity contribution is 0.0775. The highest BCUT2D eigenvalue weighted by atomic mass is 16.7. The molecule has 0 aromatic heterocycles. The number of nitrogens with one attached hydrogen (secondary N) is 1. The predicted molar refractivity (Wildman–Crippen MR) is 127 cm³/mol. The maximum absolute atomic E-state index is 6.47. The molecule has 7 nitrogen and oxygen atoms in total. The summed E-state index contributed by atoms with van der Waals surface area (Å²) in [6.07, 6.45) is -0.225. The molecular weight excluding hydrogens is 434 g/mol. The molecule has 0 unspecified atom stereocenters. The lowest BCUT2D eigenvalue weighted by atomic mass is 9.78. The summed E-state index contributed by atoms with van der Waals surface area (Å²) in [6, 6.07) is 18.3. The first-order valence-corrected chi connectivity index (χ1v) is 11.3. The van der Waals surface area contributed by atoms with Gasteiger partial charge < -0.3 is 28.4 Å². The Balaban J connectivity index is 1.57. The molecule has 0 bridgehead atoms. The third kappa shape index (κ3) is 3.96. The van der Waals surface area contributed by atoms with E-state index in [9.17, 15) is 0 Å². The first-order chi connectivity index (χ1) is 16.6. The zero-order valence-corrected chi connectivity index (χ0v) is 19.8. The van der Waals surface area contributed by atoms with Gasteiger partial charge in [0.25, 0.3) is 0 Å². The lowest BCUT2D eigenvalue weighted by Crippen LogP contribution is -2.45. The third-order valence-electron chi connectivity index (χ3n) is 6.49. The molecule has 5 rings (SSSR count). The van der Waals surface area contributed by atoms with E-state index in [1.807, 2.05) is 42.5 Å². The summed E-state index contributed by atoms with van der Waals surface area (Å²) in [7, 11) is 4.87. The van der Waals surface area contributed by atoms with Crippen molar-refractivity contribution in [2.75, 3.05) is 28.1 Å². The number of rotatable bonds is 7. The SMILES string of the molecule is COc1cc([C@@H]2c3cc4c(cc3O[C@H](NCc3ccccc3)[C@H]2C)OCO4)cc(OC)c1OC. The molecule has 0 saturated carbocycles. The van der Waals surface area contributed by atoms with Crippen LogP contribution in [0.2, 0.25) is 0 Å². The fourth-order valence-electron chi connectivity index (χ4n) is 4.79. The summed E-state index contributed by atoms with van der Waals surface area (Å²) in [5, 5.41) is 3.59. The number of ether oxygens (including phenoxy) is 6. The average molecular weight is 464 g/mol. The maximum Gasteiger partial charge on any atom is 0.231 e. The number of hydrogen-bond donors (Lipinski definition) is 1. The van der Waals surface area contributed by atoms with Crippen molar-refractivity contribution in [2.45, 2.75) is 25.6 Å². The van der Waals surface area contributed by atoms with E-state index < -0.39 is 0 Å². The van der Waals surface area contributed by atoms with Crippen molar-refractivity contribution in [1.29, 1.82) is 0 Å². The minimum absolute atomic E-state index is 0.0137. The van der Waals surface area contributed by atoms with Crippen LogP contribution in [0.4, 0.5) is 0 Å². The summed E-state index contributed by atoms with van der Waals surface area (Å²) >= 11 is 0. The van der Waals surface area contributed by atoms with Crippen molar-refractivity contribution < 1.29 is 28.4 Å². The van der Waals surface area contributed by atoms with Crippen molar-refractivity contribution in [3.8, 4) is 34.5 Å². The van der Waals surface area contributed by atoms with Gasteiger partial charge in [-0.05, 0) is 29.3 Å². The summed E-state index contributed by atoms with van der Waals surface area (Å²) in [6.45, 7) is 3.08. The Morgan fingerprint density at radius 3 is 2.18 bits per heavy atom. The third-order valence-corrected chi connectivity index (χ3v) is 6.49. The van der Waals surface area contributed by atoms with E-state index in [-0.39, 0.29) is 24.9 Å². The van der Waals surface area contributed by atoms with Gasteiger partial charge >= 0.3 is 0 Å². The van der Waals surface area contributed by atoms with Crippen molar-refractivity contribution in [3.63, 3.8) is 0 Å². The molecule has 2 heterocycles. The Bertz CT molecular complexity index is 1140. The van der Waals surface area contributed by atoms with E-state index in [1.54, 1.807) is 21.3 Å². The monoisotopic (exact) mass is 463 g/mol. The first kappa shape index (κ1) is 22.2. The van der Waals surface area contributed by atoms with Crippen LogP contribution < -0.4 is 33.7 Å². The van der Waals surface area contributed by atoms with Crippen molar-refractivity contribution in [1.82, 2.24) is 5.32 Å². The van der Waals surface area contributed by atoms with E-state index in [1.165, 1.54) is 5.56 Å². The zero-order valence-electron chi connectivity index (χ0n) is 19.8. The molecule has 3 aromatic carbocycles. The van der Waals surface area contributed by atoms with Gasteiger partial charge in [0, 0.05) is 30.0 Å². The maximum atomic E-state index is 6.47. The van der Waals surface area contributed by atoms with E-state index in [2.05, 4.69) is 24.4 Å². The van der Waals surface area contributed by atoms with Crippen LogP contribution in [0.3, 0.4) is 0 Å². The molecule has 1 N–H and O–H groups in total. The van der Waals surface area contributed by atoms with Crippen LogP contribution in [-0.2, 0) is 6.54 Å². The van der Waals surface area contributed by atoms with Gasteiger partial charge in [0.1, 0.15) is 5.75 Å². The van der Waals surface area contributed by atoms with E-state index in [4.69, 9.17) is 28.4 Å². The highest BCUT2D eigenvalue weighted by Gasteiger charge is 2.39. The number of methoxy groups -OCH3 is 3. The summed E-state index contributed by atoms with van der Waals surface area (Å²) < 4.78 is 34.6. The van der Waals surface area contributed by atoms with Crippen LogP contribution in [0.5, 0.6) is 34.5 Å². The smallest absolute Gasteiger partial charge is 0.231 e. The van der Waals surface area contributed by atoms with Gasteiger partial charge in [0.2, 0.25) is 12.5 Å². The minimum Gasteiger partial charge on any atom is -0.493 e. The van der Waals surface area contributed by atoms with Crippen LogP contribution in [0.15, 0.2) is 54.6 Å². The van der Waals surface area contributed by atoms with Crippen LogP contribution in [0, 0.1) is 5.92 Å². The Labute approximate surface area is 199 Å². The predicted octanol–water partition coefficient (Wildman–Crippen LogP) is 4.72. The van der Waals surface area contributed by atoms with E-state index >= 15 is 0 Å². The molecule has 178 valence electrons. The molecule has 7 heteroatoms. The topological polar surface area (TPSA) is 67.4 Å². The van der Waals surface area contributed by atoms with Crippen molar-refractivity contribution >= 4 is 0 Å². The molecule has 3 aromatic rings. The molecule has 34 heavy (non-hydrogen) atoms. The van der Waals surface area contributed by atoms with Gasteiger partial charge in [-0.3, -0.25) is 5.32 Å². The second-order valence-corrected chi connectivity index (χ2v) is 8.44. The van der Waals surface area contributed by atoms with Crippen LogP contribution >= 0.6 is 0 Å². The van der Waals surface area contributed by atoms with Crippen LogP contribution in [-0.4, -0.2) is 34.4 Å². The van der Waals surface area contributed by atoms with Crippen molar-refractivity contribution in [3.05, 3.63) is 71.3 Å². The largest absolute Gasteiger partial charge is 0.493 e. The Kier molecular flexibility index (Phi) is 6.11. The number of fused-ring (bicyclic) bond motifs is 2. The number of benzene rings is 3. The normalized spacial score (nSPS) is 20.3. The zero-order chi connectivity index (χ0) is 23.7. The number of hydrogen-bond acceptors (Lipinski definition) is 7. The second-order valence-electron chi connectivity index (χ2n) is 8.44. The Morgan fingerprint density at radius 2 is 1.53 bits per heavy atom.